The molecule has 0 radical (unpaired) electrons. The van der Waals surface area contributed by atoms with Crippen LogP contribution >= 0.6 is 22.7 Å². The summed E-state index contributed by atoms with van der Waals surface area (Å²) in [6.45, 7) is 0. The summed E-state index contributed by atoms with van der Waals surface area (Å²) in [5, 5.41) is 9.64. The maximum Gasteiger partial charge on any atom is 0.160 e. The van der Waals surface area contributed by atoms with E-state index < -0.39 is 0 Å². The molecule has 0 aliphatic carbocycles. The predicted octanol–water partition coefficient (Wildman–Crippen LogP) is 30.4. The van der Waals surface area contributed by atoms with Gasteiger partial charge in [0.15, 0.2) is 11.6 Å². The Hall–Kier alpha value is -15.3. The Labute approximate surface area is 694 Å². The predicted molar refractivity (Wildman–Crippen MR) is 498 cm³/mol. The second-order valence-electron chi connectivity index (χ2n) is 29.9. The van der Waals surface area contributed by atoms with Gasteiger partial charge >= 0.3 is 0 Å². The first-order chi connectivity index (χ1) is 58.9. The summed E-state index contributed by atoms with van der Waals surface area (Å²) in [5.74, 6) is 1.41. The number of thiophene rings is 2. The molecule has 0 fully saturated rings. The molecular weight excluding hydrogens is 1490 g/mol. The number of nitrogens with zero attached hydrogens (tertiary/aromatic N) is 6. The molecule has 0 amide bonds. The van der Waals surface area contributed by atoms with Crippen LogP contribution in [0.25, 0.3) is 230 Å². The molecule has 0 saturated heterocycles. The number of pyridine rings is 2. The van der Waals surface area contributed by atoms with E-state index in [1.807, 2.05) is 95.5 Å². The number of hydrogen-bond donors (Lipinski definition) is 0. The van der Waals surface area contributed by atoms with E-state index in [9.17, 15) is 0 Å². The lowest BCUT2D eigenvalue weighted by Crippen LogP contribution is -1.96. The average Bonchev–Trinajstić information content (AvgIpc) is 1.61. The van der Waals surface area contributed by atoms with Crippen molar-refractivity contribution in [2.24, 2.45) is 0 Å². The van der Waals surface area contributed by atoms with Crippen molar-refractivity contribution in [2.45, 2.75) is 0 Å². The van der Waals surface area contributed by atoms with Crippen LogP contribution in [-0.2, 0) is 0 Å². The van der Waals surface area contributed by atoms with Gasteiger partial charge in [-0.25, -0.2) is 29.9 Å². The Morgan fingerprint density at radius 3 is 0.924 bits per heavy atom. The Balaban J connectivity index is 0.000000143. The van der Waals surface area contributed by atoms with Crippen molar-refractivity contribution in [1.82, 2.24) is 29.9 Å². The Bertz CT molecular complexity index is 7710. The van der Waals surface area contributed by atoms with E-state index in [0.717, 1.165) is 150 Å². The third-order valence-electron chi connectivity index (χ3n) is 22.7. The molecule has 0 spiro atoms. The van der Waals surface area contributed by atoms with Crippen LogP contribution in [0.3, 0.4) is 0 Å². The minimum absolute atomic E-state index is 0.705. The van der Waals surface area contributed by atoms with Gasteiger partial charge < -0.3 is 4.42 Å². The molecule has 7 heterocycles. The first kappa shape index (κ1) is 70.4. The van der Waals surface area contributed by atoms with Crippen LogP contribution in [0.2, 0.25) is 0 Å². The van der Waals surface area contributed by atoms with Crippen LogP contribution in [-0.4, -0.2) is 29.9 Å². The molecule has 0 saturated carbocycles. The van der Waals surface area contributed by atoms with Gasteiger partial charge in [-0.05, 0) is 92.5 Å². The molecule has 7 nitrogen and oxygen atoms in total. The van der Waals surface area contributed by atoms with Crippen LogP contribution in [0.5, 0.6) is 0 Å². The molecule has 0 aliphatic heterocycles. The fraction of sp³-hybridized carbons (Fsp3) is 0. The Morgan fingerprint density at radius 2 is 0.496 bits per heavy atom. The molecule has 9 heteroatoms. The zero-order valence-electron chi connectivity index (χ0n) is 64.2. The maximum absolute atomic E-state index is 6.45. The second-order valence-corrected chi connectivity index (χ2v) is 32.0. The van der Waals surface area contributed by atoms with Crippen molar-refractivity contribution in [1.29, 1.82) is 0 Å². The third kappa shape index (κ3) is 13.3. The Kier molecular flexibility index (Phi) is 17.8. The Morgan fingerprint density at radius 1 is 0.193 bits per heavy atom. The van der Waals surface area contributed by atoms with Crippen LogP contribution in [0.4, 0.5) is 0 Å². The van der Waals surface area contributed by atoms with Gasteiger partial charge in [0.05, 0.1) is 54.6 Å². The quantitative estimate of drug-likeness (QED) is 0.114. The minimum atomic E-state index is 0.705. The molecule has 16 aromatic carbocycles. The van der Waals surface area contributed by atoms with Gasteiger partial charge in [0.25, 0.3) is 0 Å². The van der Waals surface area contributed by atoms with Gasteiger partial charge in [0.2, 0.25) is 0 Å². The fourth-order valence-corrected chi connectivity index (χ4v) is 19.1. The normalized spacial score (nSPS) is 11.5. The molecule has 556 valence electrons. The highest BCUT2D eigenvalue weighted by Gasteiger charge is 2.22. The zero-order chi connectivity index (χ0) is 78.7. The van der Waals surface area contributed by atoms with Gasteiger partial charge in [-0.15, -0.1) is 22.7 Å². The first-order valence-corrected chi connectivity index (χ1v) is 41.6. The topological polar surface area (TPSA) is 90.5 Å². The highest BCUT2D eigenvalue weighted by molar-refractivity contribution is 7.27. The van der Waals surface area contributed by atoms with E-state index in [0.29, 0.717) is 11.6 Å². The summed E-state index contributed by atoms with van der Waals surface area (Å²) < 4.78 is 11.4. The SMILES string of the molecule is c1ccc(-c2cc(-c3ccc(-c4ccc(-c5nc6cc(-c7cccc8c7oc7ccccc78)ccc6c6c5sc5ccccc56)cc4)cc3)nc(-c3ccccc3)n2)cc1.c1ccc(-c2ccc(-c3cc(-c4ccc(-c5ccc(-c6nc7cc(-c8ccccc8)ccc7c7c6sc6ccccc67)cc5)cc4)nc(-c4ccccc4)n3)cc2)cc1. The molecule has 0 aliphatic rings. The van der Waals surface area contributed by atoms with Gasteiger partial charge in [0.1, 0.15) is 11.2 Å². The van der Waals surface area contributed by atoms with Crippen LogP contribution in [0.1, 0.15) is 0 Å². The van der Waals surface area contributed by atoms with E-state index in [-0.39, 0.29) is 0 Å². The van der Waals surface area contributed by atoms with E-state index >= 15 is 0 Å². The van der Waals surface area contributed by atoms with E-state index in [4.69, 9.17) is 34.3 Å². The minimum Gasteiger partial charge on any atom is -0.455 e. The molecule has 7 aromatic heterocycles. The van der Waals surface area contributed by atoms with Crippen LogP contribution in [0, 0.1) is 0 Å². The van der Waals surface area contributed by atoms with Crippen LogP contribution in [0.15, 0.2) is 417 Å². The van der Waals surface area contributed by atoms with Crippen molar-refractivity contribution >= 4 is 107 Å². The summed E-state index contributed by atoms with van der Waals surface area (Å²) in [4.78, 5) is 31.0. The molecular formula is C110H68N6OS2. The number of furan rings is 1. The monoisotopic (exact) mass is 1550 g/mol. The van der Waals surface area contributed by atoms with Crippen molar-refractivity contribution < 1.29 is 4.42 Å². The lowest BCUT2D eigenvalue weighted by molar-refractivity contribution is 0.670. The summed E-state index contributed by atoms with van der Waals surface area (Å²) >= 11 is 3.64. The van der Waals surface area contributed by atoms with Gasteiger partial charge in [-0.2, -0.15) is 0 Å². The fourth-order valence-electron chi connectivity index (χ4n) is 16.6. The van der Waals surface area contributed by atoms with E-state index in [1.54, 1.807) is 0 Å². The zero-order valence-corrected chi connectivity index (χ0v) is 65.8. The van der Waals surface area contributed by atoms with Crippen molar-refractivity contribution in [3.8, 4) is 146 Å². The van der Waals surface area contributed by atoms with Gasteiger partial charge in [-0.3, -0.25) is 0 Å². The van der Waals surface area contributed by atoms with Gasteiger partial charge in [0, 0.05) is 103 Å². The molecule has 23 aromatic rings. The molecule has 0 N–H and O–H groups in total. The number of fused-ring (bicyclic) bond motifs is 13. The highest BCUT2D eigenvalue weighted by Crippen LogP contribution is 2.48. The van der Waals surface area contributed by atoms with Gasteiger partial charge in [-0.1, -0.05) is 370 Å². The van der Waals surface area contributed by atoms with Crippen molar-refractivity contribution in [3.63, 3.8) is 0 Å². The second kappa shape index (κ2) is 30.2. The maximum atomic E-state index is 6.45. The summed E-state index contributed by atoms with van der Waals surface area (Å²) in [6.07, 6.45) is 0. The standard InChI is InChI=1S/C55H33N3OS.C55H35N3S/c1-3-12-36(13-4-1)46-33-47(58-55(57-46)39-14-5-2-6-15-39)37-26-22-34(23-27-37)35-24-28-38(29-25-35)52-54-51(45-17-8-10-21-50(45)60-54)44-31-30-40(32-48(44)56-52)41-18-11-19-43-42-16-7-9-20-49(42)59-53(41)43;1-4-12-36(13-5-1)38-20-26-41(27-21-38)48-35-49(58-55(57-48)44-16-8-3-9-17-44)42-28-22-39(23-29-42)40-24-30-43(31-25-40)53-54-52(47-18-10-11-19-51(47)59-54)46-33-32-45(34-50(46)56-53)37-14-6-2-7-15-37/h1-33H;1-35H. The number of rotatable bonds is 13. The van der Waals surface area contributed by atoms with Crippen LogP contribution < -0.4 is 0 Å². The lowest BCUT2D eigenvalue weighted by Gasteiger charge is -2.11. The first-order valence-electron chi connectivity index (χ1n) is 39.9. The molecule has 0 atom stereocenters. The average molecular weight is 1550 g/mol. The summed E-state index contributed by atoms with van der Waals surface area (Å²) in [6, 6.07) is 145. The molecule has 23 rings (SSSR count). The number of benzene rings is 16. The van der Waals surface area contributed by atoms with E-state index in [2.05, 4.69) is 340 Å². The van der Waals surface area contributed by atoms with Crippen molar-refractivity contribution in [3.05, 3.63) is 413 Å². The lowest BCUT2D eigenvalue weighted by atomic mass is 9.97. The smallest absolute Gasteiger partial charge is 0.160 e. The summed E-state index contributed by atoms with van der Waals surface area (Å²) in [5.41, 5.74) is 29.1. The van der Waals surface area contributed by atoms with E-state index in [1.165, 1.54) is 68.0 Å². The summed E-state index contributed by atoms with van der Waals surface area (Å²) in [7, 11) is 0. The van der Waals surface area contributed by atoms with Crippen molar-refractivity contribution in [2.75, 3.05) is 0 Å². The molecule has 0 unspecified atom stereocenters. The number of hydrogen-bond acceptors (Lipinski definition) is 9. The molecule has 0 bridgehead atoms. The third-order valence-corrected chi connectivity index (χ3v) is 25.0. The largest absolute Gasteiger partial charge is 0.455 e. The highest BCUT2D eigenvalue weighted by atomic mass is 32.1. The molecule has 119 heavy (non-hydrogen) atoms. The number of para-hydroxylation sites is 2. The number of aromatic nitrogens is 6.